The lowest BCUT2D eigenvalue weighted by Crippen LogP contribution is -2.01. The maximum atomic E-state index is 11.0. The Hall–Kier alpha value is -1.83. The Labute approximate surface area is 103 Å². The van der Waals surface area contributed by atoms with Crippen molar-refractivity contribution in [3.05, 3.63) is 53.6 Å². The SMILES string of the molecule is C=CC(=O)OCc1ccc(CC)c(C=CC)c1. The van der Waals surface area contributed by atoms with Gasteiger partial charge in [0, 0.05) is 6.08 Å². The Morgan fingerprint density at radius 1 is 1.47 bits per heavy atom. The normalized spacial score (nSPS) is 10.5. The average molecular weight is 230 g/mol. The maximum Gasteiger partial charge on any atom is 0.330 e. The van der Waals surface area contributed by atoms with Crippen LogP contribution in [0.25, 0.3) is 6.08 Å². The number of benzene rings is 1. The molecule has 2 nitrogen and oxygen atoms in total. The lowest BCUT2D eigenvalue weighted by Gasteiger charge is -2.07. The smallest absolute Gasteiger partial charge is 0.330 e. The van der Waals surface area contributed by atoms with Crippen molar-refractivity contribution in [2.75, 3.05) is 0 Å². The first-order chi connectivity index (χ1) is 8.21. The predicted molar refractivity (Wildman–Crippen MR) is 70.5 cm³/mol. The topological polar surface area (TPSA) is 26.3 Å². The van der Waals surface area contributed by atoms with Crippen LogP contribution in [0.2, 0.25) is 0 Å². The molecule has 0 aliphatic rings. The zero-order valence-corrected chi connectivity index (χ0v) is 10.4. The van der Waals surface area contributed by atoms with Crippen molar-refractivity contribution in [1.82, 2.24) is 0 Å². The number of hydrogen-bond donors (Lipinski definition) is 0. The first kappa shape index (κ1) is 13.2. The second-order valence-corrected chi connectivity index (χ2v) is 3.70. The highest BCUT2D eigenvalue weighted by Gasteiger charge is 2.02. The molecule has 0 aromatic heterocycles. The van der Waals surface area contributed by atoms with Gasteiger partial charge < -0.3 is 4.74 Å². The zero-order valence-electron chi connectivity index (χ0n) is 10.4. The minimum Gasteiger partial charge on any atom is -0.458 e. The van der Waals surface area contributed by atoms with Gasteiger partial charge in [-0.1, -0.05) is 37.8 Å². The van der Waals surface area contributed by atoms with Gasteiger partial charge in [0.25, 0.3) is 0 Å². The minimum atomic E-state index is -0.392. The summed E-state index contributed by atoms with van der Waals surface area (Å²) < 4.78 is 5.00. The predicted octanol–water partition coefficient (Wildman–Crippen LogP) is 3.51. The van der Waals surface area contributed by atoms with Gasteiger partial charge in [-0.2, -0.15) is 0 Å². The number of allylic oxidation sites excluding steroid dienone is 1. The lowest BCUT2D eigenvalue weighted by molar-refractivity contribution is -0.138. The van der Waals surface area contributed by atoms with Crippen LogP contribution in [0, 0.1) is 0 Å². The van der Waals surface area contributed by atoms with Gasteiger partial charge in [0.15, 0.2) is 0 Å². The molecule has 0 radical (unpaired) electrons. The third kappa shape index (κ3) is 3.91. The lowest BCUT2D eigenvalue weighted by atomic mass is 10.0. The van der Waals surface area contributed by atoms with E-state index in [9.17, 15) is 4.79 Å². The van der Waals surface area contributed by atoms with E-state index in [1.54, 1.807) is 0 Å². The quantitative estimate of drug-likeness (QED) is 0.571. The van der Waals surface area contributed by atoms with Crippen LogP contribution in [-0.4, -0.2) is 5.97 Å². The number of carbonyl (C=O) groups is 1. The summed E-state index contributed by atoms with van der Waals surface area (Å²) in [5.74, 6) is -0.392. The van der Waals surface area contributed by atoms with Crippen LogP contribution < -0.4 is 0 Å². The van der Waals surface area contributed by atoms with E-state index in [-0.39, 0.29) is 0 Å². The van der Waals surface area contributed by atoms with Crippen LogP contribution in [0.15, 0.2) is 36.9 Å². The van der Waals surface area contributed by atoms with Crippen LogP contribution in [-0.2, 0) is 22.6 Å². The molecule has 0 unspecified atom stereocenters. The third-order valence-electron chi connectivity index (χ3n) is 2.49. The zero-order chi connectivity index (χ0) is 12.7. The van der Waals surface area contributed by atoms with Crippen molar-refractivity contribution in [2.24, 2.45) is 0 Å². The molecule has 2 heteroatoms. The van der Waals surface area contributed by atoms with E-state index in [0.717, 1.165) is 12.0 Å². The molecular weight excluding hydrogens is 212 g/mol. The summed E-state index contributed by atoms with van der Waals surface area (Å²) in [7, 11) is 0. The van der Waals surface area contributed by atoms with Gasteiger partial charge in [0.1, 0.15) is 6.61 Å². The van der Waals surface area contributed by atoms with Gasteiger partial charge in [-0.3, -0.25) is 0 Å². The molecule has 1 aromatic carbocycles. The minimum absolute atomic E-state index is 0.291. The summed E-state index contributed by atoms with van der Waals surface area (Å²) in [6.07, 6.45) is 6.24. The van der Waals surface area contributed by atoms with Crippen LogP contribution in [0.3, 0.4) is 0 Å². The molecule has 17 heavy (non-hydrogen) atoms. The number of aryl methyl sites for hydroxylation is 1. The molecule has 1 aromatic rings. The molecule has 0 atom stereocenters. The van der Waals surface area contributed by atoms with E-state index in [0.29, 0.717) is 6.61 Å². The number of ether oxygens (including phenoxy) is 1. The molecule has 0 amide bonds. The summed E-state index contributed by atoms with van der Waals surface area (Å²) in [4.78, 5) is 11.0. The molecule has 1 rings (SSSR count). The maximum absolute atomic E-state index is 11.0. The molecule has 0 aliphatic carbocycles. The van der Waals surface area contributed by atoms with Gasteiger partial charge in [-0.25, -0.2) is 4.79 Å². The summed E-state index contributed by atoms with van der Waals surface area (Å²) in [5, 5.41) is 0. The summed E-state index contributed by atoms with van der Waals surface area (Å²) >= 11 is 0. The fraction of sp³-hybridized carbons (Fsp3) is 0.267. The highest BCUT2D eigenvalue weighted by Crippen LogP contribution is 2.15. The first-order valence-electron chi connectivity index (χ1n) is 5.75. The Kier molecular flexibility index (Phi) is 5.21. The number of carbonyl (C=O) groups excluding carboxylic acids is 1. The Morgan fingerprint density at radius 2 is 2.24 bits per heavy atom. The van der Waals surface area contributed by atoms with E-state index in [1.807, 2.05) is 19.1 Å². The van der Waals surface area contributed by atoms with Gasteiger partial charge in [0.2, 0.25) is 0 Å². The fourth-order valence-electron chi connectivity index (χ4n) is 1.60. The summed E-state index contributed by atoms with van der Waals surface area (Å²) in [5.41, 5.74) is 3.47. The van der Waals surface area contributed by atoms with E-state index in [1.165, 1.54) is 17.2 Å². The Bertz CT molecular complexity index is 431. The number of hydrogen-bond acceptors (Lipinski definition) is 2. The molecule has 0 fully saturated rings. The van der Waals surface area contributed by atoms with Crippen molar-refractivity contribution in [3.63, 3.8) is 0 Å². The highest BCUT2D eigenvalue weighted by molar-refractivity contribution is 5.81. The standard InChI is InChI=1S/C15H18O2/c1-4-7-14-10-12(8-9-13(14)5-2)11-17-15(16)6-3/h4,6-10H,3,5,11H2,1-2H3. The largest absolute Gasteiger partial charge is 0.458 e. The Balaban J connectivity index is 2.84. The molecule has 0 heterocycles. The van der Waals surface area contributed by atoms with E-state index >= 15 is 0 Å². The highest BCUT2D eigenvalue weighted by atomic mass is 16.5. The van der Waals surface area contributed by atoms with E-state index in [2.05, 4.69) is 31.7 Å². The molecule has 0 saturated heterocycles. The molecule has 0 aliphatic heterocycles. The third-order valence-corrected chi connectivity index (χ3v) is 2.49. The molecule has 90 valence electrons. The van der Waals surface area contributed by atoms with Crippen LogP contribution in [0.5, 0.6) is 0 Å². The monoisotopic (exact) mass is 230 g/mol. The van der Waals surface area contributed by atoms with Crippen LogP contribution in [0.1, 0.15) is 30.5 Å². The van der Waals surface area contributed by atoms with Crippen molar-refractivity contribution in [1.29, 1.82) is 0 Å². The van der Waals surface area contributed by atoms with Crippen molar-refractivity contribution < 1.29 is 9.53 Å². The van der Waals surface area contributed by atoms with Gasteiger partial charge >= 0.3 is 5.97 Å². The van der Waals surface area contributed by atoms with Gasteiger partial charge in [0.05, 0.1) is 0 Å². The average Bonchev–Trinajstić information content (AvgIpc) is 2.36. The summed E-state index contributed by atoms with van der Waals surface area (Å²) in [6.45, 7) is 7.77. The number of esters is 1. The fourth-order valence-corrected chi connectivity index (χ4v) is 1.60. The Morgan fingerprint density at radius 3 is 2.82 bits per heavy atom. The molecule has 0 N–H and O–H groups in total. The van der Waals surface area contributed by atoms with Crippen LogP contribution in [0.4, 0.5) is 0 Å². The molecule has 0 spiro atoms. The van der Waals surface area contributed by atoms with Gasteiger partial charge in [-0.05, 0) is 36.1 Å². The summed E-state index contributed by atoms with van der Waals surface area (Å²) in [6, 6.07) is 6.11. The van der Waals surface area contributed by atoms with Crippen molar-refractivity contribution >= 4 is 12.0 Å². The van der Waals surface area contributed by atoms with E-state index < -0.39 is 5.97 Å². The second kappa shape index (κ2) is 6.69. The van der Waals surface area contributed by atoms with Crippen molar-refractivity contribution in [3.8, 4) is 0 Å². The number of rotatable bonds is 5. The van der Waals surface area contributed by atoms with E-state index in [4.69, 9.17) is 4.74 Å². The first-order valence-corrected chi connectivity index (χ1v) is 5.75. The van der Waals surface area contributed by atoms with Crippen molar-refractivity contribution in [2.45, 2.75) is 26.9 Å². The van der Waals surface area contributed by atoms with Crippen LogP contribution >= 0.6 is 0 Å². The molecule has 0 bridgehead atoms. The second-order valence-electron chi connectivity index (χ2n) is 3.70. The van der Waals surface area contributed by atoms with Gasteiger partial charge in [-0.15, -0.1) is 0 Å². The molecular formula is C15H18O2. The molecule has 0 saturated carbocycles.